The van der Waals surface area contributed by atoms with Gasteiger partial charge in [0.05, 0.1) is 0 Å². The molecule has 1 rings (SSSR count). The van der Waals surface area contributed by atoms with E-state index in [0.29, 0.717) is 14.5 Å². The molecule has 0 amide bonds. The van der Waals surface area contributed by atoms with Gasteiger partial charge in [-0.25, -0.2) is 0 Å². The summed E-state index contributed by atoms with van der Waals surface area (Å²) in [6.45, 7) is 4.25. The standard InChI is InChI=1S/C7H9NSe/c1-5-3-7(4-8)9-6(5)2/h3-4,8H,1-2H3. The number of aryl methyl sites for hydroxylation is 2. The van der Waals surface area contributed by atoms with E-state index >= 15 is 0 Å². The van der Waals surface area contributed by atoms with Crippen molar-refractivity contribution in [2.45, 2.75) is 13.8 Å². The van der Waals surface area contributed by atoms with E-state index in [9.17, 15) is 0 Å². The van der Waals surface area contributed by atoms with Crippen molar-refractivity contribution in [3.63, 3.8) is 0 Å². The molecule has 0 fully saturated rings. The van der Waals surface area contributed by atoms with Gasteiger partial charge in [-0.1, -0.05) is 0 Å². The van der Waals surface area contributed by atoms with Crippen LogP contribution in [-0.4, -0.2) is 20.7 Å². The van der Waals surface area contributed by atoms with E-state index in [1.54, 1.807) is 0 Å². The van der Waals surface area contributed by atoms with Gasteiger partial charge in [0.25, 0.3) is 0 Å². The second-order valence-corrected chi connectivity index (χ2v) is 4.73. The molecule has 0 saturated carbocycles. The summed E-state index contributed by atoms with van der Waals surface area (Å²) in [5.74, 6) is 0. The minimum absolute atomic E-state index is 0.464. The first kappa shape index (κ1) is 6.78. The van der Waals surface area contributed by atoms with Crippen molar-refractivity contribution in [2.75, 3.05) is 0 Å². The van der Waals surface area contributed by atoms with E-state index in [-0.39, 0.29) is 0 Å². The summed E-state index contributed by atoms with van der Waals surface area (Å²) in [5.41, 5.74) is 1.36. The second kappa shape index (κ2) is 2.51. The van der Waals surface area contributed by atoms with Crippen molar-refractivity contribution < 1.29 is 0 Å². The predicted molar refractivity (Wildman–Crippen MR) is 40.7 cm³/mol. The Kier molecular flexibility index (Phi) is 1.89. The van der Waals surface area contributed by atoms with Crippen LogP contribution in [0.3, 0.4) is 0 Å². The van der Waals surface area contributed by atoms with Gasteiger partial charge >= 0.3 is 60.5 Å². The molecule has 0 unspecified atom stereocenters. The average Bonchev–Trinajstić information content (AvgIpc) is 2.13. The number of nitrogens with one attached hydrogen (secondary N) is 1. The van der Waals surface area contributed by atoms with Crippen molar-refractivity contribution in [2.24, 2.45) is 0 Å². The summed E-state index contributed by atoms with van der Waals surface area (Å²) < 4.78 is 2.65. The molecule has 0 saturated heterocycles. The van der Waals surface area contributed by atoms with Gasteiger partial charge in [-0.3, -0.25) is 0 Å². The zero-order valence-corrected chi connectivity index (χ0v) is 7.28. The fourth-order valence-electron chi connectivity index (χ4n) is 0.673. The topological polar surface area (TPSA) is 23.9 Å². The van der Waals surface area contributed by atoms with E-state index in [1.165, 1.54) is 20.7 Å². The predicted octanol–water partition coefficient (Wildman–Crippen LogP) is 1.36. The van der Waals surface area contributed by atoms with E-state index in [0.717, 1.165) is 0 Å². The Labute approximate surface area is 61.0 Å². The van der Waals surface area contributed by atoms with Gasteiger partial charge in [0.15, 0.2) is 0 Å². The summed E-state index contributed by atoms with van der Waals surface area (Å²) in [6.07, 6.45) is 1.46. The van der Waals surface area contributed by atoms with E-state index in [4.69, 9.17) is 5.41 Å². The van der Waals surface area contributed by atoms with Crippen molar-refractivity contribution in [1.29, 1.82) is 5.41 Å². The van der Waals surface area contributed by atoms with Gasteiger partial charge in [-0.15, -0.1) is 0 Å². The van der Waals surface area contributed by atoms with Crippen LogP contribution in [-0.2, 0) is 0 Å². The Morgan fingerprint density at radius 2 is 2.22 bits per heavy atom. The van der Waals surface area contributed by atoms with Gasteiger partial charge in [0, 0.05) is 0 Å². The molecule has 9 heavy (non-hydrogen) atoms. The van der Waals surface area contributed by atoms with Crippen molar-refractivity contribution in [1.82, 2.24) is 0 Å². The second-order valence-electron chi connectivity index (χ2n) is 2.03. The molecule has 0 aliphatic heterocycles. The molecule has 1 nitrogen and oxygen atoms in total. The average molecular weight is 186 g/mol. The first-order chi connectivity index (χ1) is 4.24. The molecule has 0 aromatic carbocycles. The van der Waals surface area contributed by atoms with Crippen LogP contribution in [0, 0.1) is 19.3 Å². The van der Waals surface area contributed by atoms with E-state index in [1.807, 2.05) is 0 Å². The van der Waals surface area contributed by atoms with Crippen LogP contribution < -0.4 is 0 Å². The molecule has 0 atom stereocenters. The molecule has 48 valence electrons. The Balaban J connectivity index is 3.11. The molecule has 0 radical (unpaired) electrons. The zero-order chi connectivity index (χ0) is 6.85. The van der Waals surface area contributed by atoms with Gasteiger partial charge in [-0.2, -0.15) is 0 Å². The monoisotopic (exact) mass is 187 g/mol. The third-order valence-corrected chi connectivity index (χ3v) is 3.63. The quantitative estimate of drug-likeness (QED) is 0.505. The van der Waals surface area contributed by atoms with Crippen molar-refractivity contribution >= 4 is 20.7 Å². The van der Waals surface area contributed by atoms with Crippen LogP contribution in [0.4, 0.5) is 0 Å². The normalized spacial score (nSPS) is 9.56. The maximum atomic E-state index is 6.98. The summed E-state index contributed by atoms with van der Waals surface area (Å²) in [6, 6.07) is 2.10. The first-order valence-electron chi connectivity index (χ1n) is 2.81. The maximum absolute atomic E-state index is 6.98. The van der Waals surface area contributed by atoms with Crippen LogP contribution in [0.25, 0.3) is 0 Å². The molecule has 1 N–H and O–H groups in total. The number of hydrogen-bond acceptors (Lipinski definition) is 1. The van der Waals surface area contributed by atoms with E-state index in [2.05, 4.69) is 19.9 Å². The third kappa shape index (κ3) is 1.32. The molecule has 2 heteroatoms. The Bertz CT molecular complexity index is 205. The van der Waals surface area contributed by atoms with Gasteiger partial charge in [0.2, 0.25) is 0 Å². The summed E-state index contributed by atoms with van der Waals surface area (Å²) in [4.78, 5) is 0. The van der Waals surface area contributed by atoms with Crippen molar-refractivity contribution in [3.05, 3.63) is 20.5 Å². The third-order valence-electron chi connectivity index (χ3n) is 1.33. The molecule has 0 bridgehead atoms. The molecular weight excluding hydrogens is 177 g/mol. The van der Waals surface area contributed by atoms with Crippen molar-refractivity contribution in [3.8, 4) is 0 Å². The summed E-state index contributed by atoms with van der Waals surface area (Å²) in [7, 11) is 0. The van der Waals surface area contributed by atoms with Crippen LogP contribution in [0.1, 0.15) is 14.4 Å². The first-order valence-corrected chi connectivity index (χ1v) is 4.53. The molecule has 1 heterocycles. The minimum atomic E-state index is 0.464. The van der Waals surface area contributed by atoms with Gasteiger partial charge < -0.3 is 0 Å². The Morgan fingerprint density at radius 3 is 2.44 bits per heavy atom. The van der Waals surface area contributed by atoms with Gasteiger partial charge in [-0.05, 0) is 0 Å². The Morgan fingerprint density at radius 1 is 1.56 bits per heavy atom. The molecule has 0 aliphatic rings. The van der Waals surface area contributed by atoms with Crippen LogP contribution in [0.15, 0.2) is 6.07 Å². The SMILES string of the molecule is Cc1cc(C=N)[se]c1C. The number of hydrogen-bond donors (Lipinski definition) is 1. The molecular formula is C7H9NSe. The molecule has 0 spiro atoms. The molecule has 0 aliphatic carbocycles. The molecule has 1 aromatic rings. The Hall–Kier alpha value is -0.331. The molecule has 1 aromatic heterocycles. The number of rotatable bonds is 1. The van der Waals surface area contributed by atoms with Crippen LogP contribution in [0.2, 0.25) is 0 Å². The summed E-state index contributed by atoms with van der Waals surface area (Å²) >= 11 is 0.464. The zero-order valence-electron chi connectivity index (χ0n) is 5.56. The van der Waals surface area contributed by atoms with E-state index < -0.39 is 0 Å². The summed E-state index contributed by atoms with van der Waals surface area (Å²) in [5, 5.41) is 6.98. The van der Waals surface area contributed by atoms with Gasteiger partial charge in [0.1, 0.15) is 0 Å². The fraction of sp³-hybridized carbons (Fsp3) is 0.286. The van der Waals surface area contributed by atoms with Crippen LogP contribution in [0.5, 0.6) is 0 Å². The fourth-order valence-corrected chi connectivity index (χ4v) is 2.49. The van der Waals surface area contributed by atoms with Crippen LogP contribution >= 0.6 is 0 Å².